The van der Waals surface area contributed by atoms with Crippen LogP contribution >= 0.6 is 0 Å². The first-order valence-electron chi connectivity index (χ1n) is 7.27. The monoisotopic (exact) mass is 318 g/mol. The second-order valence-corrected chi connectivity index (χ2v) is 7.23. The van der Waals surface area contributed by atoms with Crippen LogP contribution in [0.2, 0.25) is 0 Å². The summed E-state index contributed by atoms with van der Waals surface area (Å²) in [6, 6.07) is 17.8. The highest BCUT2D eigenvalue weighted by molar-refractivity contribution is 7.87. The van der Waals surface area contributed by atoms with Crippen molar-refractivity contribution in [1.82, 2.24) is 0 Å². The molecule has 2 aromatic rings. The molecule has 0 saturated carbocycles. The summed E-state index contributed by atoms with van der Waals surface area (Å²) in [6.07, 6.45) is 0.967. The summed E-state index contributed by atoms with van der Waals surface area (Å²) in [7, 11) is -3.83. The van der Waals surface area contributed by atoms with Crippen LogP contribution in [0.15, 0.2) is 60.7 Å². The van der Waals surface area contributed by atoms with Gasteiger partial charge in [-0.3, -0.25) is 4.18 Å². The van der Waals surface area contributed by atoms with Gasteiger partial charge in [0.15, 0.2) is 0 Å². The van der Waals surface area contributed by atoms with Crippen LogP contribution in [-0.2, 0) is 19.9 Å². The number of hydrogen-bond donors (Lipinski definition) is 1. The zero-order valence-corrected chi connectivity index (χ0v) is 12.9. The maximum Gasteiger partial charge on any atom is 0.273 e. The van der Waals surface area contributed by atoms with Gasteiger partial charge in [-0.25, -0.2) is 0 Å². The van der Waals surface area contributed by atoms with E-state index >= 15 is 0 Å². The minimum atomic E-state index is -3.83. The number of aliphatic hydroxyl groups is 1. The summed E-state index contributed by atoms with van der Waals surface area (Å²) < 4.78 is 29.8. The Morgan fingerprint density at radius 1 is 0.955 bits per heavy atom. The molecule has 1 saturated heterocycles. The maximum atomic E-state index is 12.4. The van der Waals surface area contributed by atoms with E-state index in [0.717, 1.165) is 0 Å². The van der Waals surface area contributed by atoms with Crippen molar-refractivity contribution in [2.24, 2.45) is 0 Å². The molecule has 0 aromatic heterocycles. The Morgan fingerprint density at radius 3 is 1.91 bits per heavy atom. The Kier molecular flexibility index (Phi) is 4.04. The van der Waals surface area contributed by atoms with Gasteiger partial charge in [-0.1, -0.05) is 60.7 Å². The maximum absolute atomic E-state index is 12.4. The summed E-state index contributed by atoms with van der Waals surface area (Å²) in [5, 5.41) is 10.4. The molecule has 4 nitrogen and oxygen atoms in total. The molecular formula is C17H18O4S. The van der Waals surface area contributed by atoms with Crippen molar-refractivity contribution < 1.29 is 17.7 Å². The fourth-order valence-electron chi connectivity index (χ4n) is 3.01. The number of benzene rings is 2. The fourth-order valence-corrected chi connectivity index (χ4v) is 4.67. The highest BCUT2D eigenvalue weighted by Gasteiger charge is 2.49. The molecular weight excluding hydrogens is 300 g/mol. The van der Waals surface area contributed by atoms with Crippen LogP contribution in [0.5, 0.6) is 0 Å². The molecule has 1 atom stereocenters. The lowest BCUT2D eigenvalue weighted by atomic mass is 9.81. The van der Waals surface area contributed by atoms with E-state index in [0.29, 0.717) is 24.0 Å². The molecule has 116 valence electrons. The van der Waals surface area contributed by atoms with Crippen molar-refractivity contribution >= 4 is 10.1 Å². The van der Waals surface area contributed by atoms with Crippen molar-refractivity contribution in [1.29, 1.82) is 0 Å². The molecule has 0 unspecified atom stereocenters. The Balaban J connectivity index is 2.20. The Labute approximate surface area is 130 Å². The van der Waals surface area contributed by atoms with Crippen LogP contribution in [-0.4, -0.2) is 25.4 Å². The van der Waals surface area contributed by atoms with Crippen LogP contribution in [0.4, 0.5) is 0 Å². The predicted molar refractivity (Wildman–Crippen MR) is 83.8 cm³/mol. The third kappa shape index (κ3) is 2.56. The predicted octanol–water partition coefficient (Wildman–Crippen LogP) is 2.43. The molecule has 1 fully saturated rings. The topological polar surface area (TPSA) is 63.6 Å². The molecule has 3 rings (SSSR count). The summed E-state index contributed by atoms with van der Waals surface area (Å²) in [5.41, 5.74) is -0.512. The van der Waals surface area contributed by atoms with E-state index in [4.69, 9.17) is 4.18 Å². The molecule has 0 bridgehead atoms. The molecule has 0 aliphatic carbocycles. The minimum Gasteiger partial charge on any atom is -0.379 e. The van der Waals surface area contributed by atoms with Crippen LogP contribution < -0.4 is 0 Å². The van der Waals surface area contributed by atoms with Gasteiger partial charge >= 0.3 is 0 Å². The highest BCUT2D eigenvalue weighted by Crippen LogP contribution is 2.40. The number of rotatable bonds is 3. The van der Waals surface area contributed by atoms with Gasteiger partial charge < -0.3 is 5.11 Å². The first kappa shape index (κ1) is 15.2. The van der Waals surface area contributed by atoms with E-state index < -0.39 is 21.0 Å². The molecule has 0 radical (unpaired) electrons. The van der Waals surface area contributed by atoms with Crippen molar-refractivity contribution in [2.45, 2.75) is 23.7 Å². The normalized spacial score (nSPS) is 21.4. The van der Waals surface area contributed by atoms with Gasteiger partial charge in [0.25, 0.3) is 10.1 Å². The second kappa shape index (κ2) is 5.83. The first-order chi connectivity index (χ1) is 10.5. The standard InChI is InChI=1S/C17H18O4S/c18-17(14-8-3-1-4-9-14,15-10-5-2-6-11-15)16-12-7-13-21-22(16,19)20/h1-6,8-11,16,18H,7,12-13H2/t16-/m1/s1. The van der Waals surface area contributed by atoms with Gasteiger partial charge in [-0.15, -0.1) is 0 Å². The molecule has 5 heteroatoms. The van der Waals surface area contributed by atoms with E-state index in [1.54, 1.807) is 48.5 Å². The van der Waals surface area contributed by atoms with Crippen molar-refractivity contribution in [3.63, 3.8) is 0 Å². The van der Waals surface area contributed by atoms with E-state index in [2.05, 4.69) is 0 Å². The first-order valence-corrected chi connectivity index (χ1v) is 8.74. The molecule has 22 heavy (non-hydrogen) atoms. The Bertz CT molecular complexity index is 686. The molecule has 0 amide bonds. The molecule has 0 spiro atoms. The smallest absolute Gasteiger partial charge is 0.273 e. The molecule has 1 heterocycles. The van der Waals surface area contributed by atoms with Gasteiger partial charge in [0.05, 0.1) is 6.61 Å². The SMILES string of the molecule is O=S1(=O)OCCC[C@@H]1C(O)(c1ccccc1)c1ccccc1. The number of hydrogen-bond acceptors (Lipinski definition) is 4. The molecule has 1 aliphatic heterocycles. The summed E-state index contributed by atoms with van der Waals surface area (Å²) in [4.78, 5) is 0. The molecule has 2 aromatic carbocycles. The van der Waals surface area contributed by atoms with Crippen molar-refractivity contribution in [2.75, 3.05) is 6.61 Å². The lowest BCUT2D eigenvalue weighted by Gasteiger charge is -2.38. The van der Waals surface area contributed by atoms with E-state index in [9.17, 15) is 13.5 Å². The highest BCUT2D eigenvalue weighted by atomic mass is 32.2. The Morgan fingerprint density at radius 2 is 1.45 bits per heavy atom. The quantitative estimate of drug-likeness (QED) is 0.883. The third-order valence-electron chi connectivity index (χ3n) is 4.10. The van der Waals surface area contributed by atoms with Crippen molar-refractivity contribution in [3.05, 3.63) is 71.8 Å². The van der Waals surface area contributed by atoms with Crippen molar-refractivity contribution in [3.8, 4) is 0 Å². The summed E-state index contributed by atoms with van der Waals surface area (Å²) >= 11 is 0. The van der Waals surface area contributed by atoms with E-state index in [1.165, 1.54) is 0 Å². The lowest BCUT2D eigenvalue weighted by Crippen LogP contribution is -2.48. The van der Waals surface area contributed by atoms with Gasteiger partial charge in [0.2, 0.25) is 0 Å². The van der Waals surface area contributed by atoms with Crippen LogP contribution in [0, 0.1) is 0 Å². The van der Waals surface area contributed by atoms with E-state index in [-0.39, 0.29) is 6.61 Å². The van der Waals surface area contributed by atoms with Gasteiger partial charge in [-0.2, -0.15) is 8.42 Å². The minimum absolute atomic E-state index is 0.179. The molecule has 1 N–H and O–H groups in total. The second-order valence-electron chi connectivity index (χ2n) is 5.44. The largest absolute Gasteiger partial charge is 0.379 e. The summed E-state index contributed by atoms with van der Waals surface area (Å²) in [6.45, 7) is 0.179. The average molecular weight is 318 g/mol. The zero-order valence-electron chi connectivity index (χ0n) is 12.1. The fraction of sp³-hybridized carbons (Fsp3) is 0.294. The van der Waals surface area contributed by atoms with Crippen LogP contribution in [0.1, 0.15) is 24.0 Å². The van der Waals surface area contributed by atoms with Gasteiger partial charge in [0.1, 0.15) is 10.9 Å². The Hall–Kier alpha value is -1.69. The zero-order chi connectivity index (χ0) is 15.6. The molecule has 1 aliphatic rings. The van der Waals surface area contributed by atoms with Crippen LogP contribution in [0.25, 0.3) is 0 Å². The van der Waals surface area contributed by atoms with Gasteiger partial charge in [0, 0.05) is 0 Å². The van der Waals surface area contributed by atoms with Gasteiger partial charge in [-0.05, 0) is 24.0 Å². The lowest BCUT2D eigenvalue weighted by molar-refractivity contribution is 0.0597. The summed E-state index contributed by atoms with van der Waals surface area (Å²) in [5.74, 6) is 0. The third-order valence-corrected chi connectivity index (χ3v) is 5.87. The average Bonchev–Trinajstić information content (AvgIpc) is 2.55. The van der Waals surface area contributed by atoms with Crippen LogP contribution in [0.3, 0.4) is 0 Å². The van der Waals surface area contributed by atoms with E-state index in [1.807, 2.05) is 12.1 Å².